The molecular weight excluding hydrogens is 480 g/mol. The molecule has 7 heteroatoms. The van der Waals surface area contributed by atoms with Crippen molar-refractivity contribution in [2.45, 2.75) is 17.3 Å². The molecule has 1 amide bonds. The normalized spacial score (nSPS) is 10.7. The number of thioether (sulfide) groups is 1. The highest BCUT2D eigenvalue weighted by molar-refractivity contribution is 7.98. The lowest BCUT2D eigenvalue weighted by Gasteiger charge is -2.11. The zero-order chi connectivity index (χ0) is 25.5. The average Bonchev–Trinajstić information content (AvgIpc) is 3.35. The number of aromatic nitrogens is 3. The highest BCUT2D eigenvalue weighted by Gasteiger charge is 2.15. The second-order valence-corrected chi connectivity index (χ2v) is 9.31. The minimum atomic E-state index is -0.182. The third kappa shape index (κ3) is 5.90. The standard InChI is InChI=1S/C30H26N4O2S/c1-36-27-15-9-8-14-26(27)31-29(35)24-18-16-23(17-19-24)21-37-30-33-32-28(20-22-10-4-2-5-11-22)34(30)25-12-6-3-7-13-25/h2-19H,20-21H2,1H3,(H,31,35). The second kappa shape index (κ2) is 11.6. The molecule has 1 N–H and O–H groups in total. The first-order valence-electron chi connectivity index (χ1n) is 11.9. The number of hydrogen-bond donors (Lipinski definition) is 1. The number of ether oxygens (including phenoxy) is 1. The van der Waals surface area contributed by atoms with E-state index in [2.05, 4.69) is 44.3 Å². The summed E-state index contributed by atoms with van der Waals surface area (Å²) in [6.45, 7) is 0. The molecule has 0 saturated heterocycles. The van der Waals surface area contributed by atoms with Crippen molar-refractivity contribution in [1.82, 2.24) is 14.8 Å². The number of benzene rings is 4. The lowest BCUT2D eigenvalue weighted by molar-refractivity contribution is 0.102. The lowest BCUT2D eigenvalue weighted by Crippen LogP contribution is -2.12. The first kappa shape index (κ1) is 24.3. The third-order valence-corrected chi connectivity index (χ3v) is 6.86. The fraction of sp³-hybridized carbons (Fsp3) is 0.100. The highest BCUT2D eigenvalue weighted by atomic mass is 32.2. The number of amides is 1. The van der Waals surface area contributed by atoms with Gasteiger partial charge in [-0.3, -0.25) is 9.36 Å². The number of rotatable bonds is 9. The van der Waals surface area contributed by atoms with Crippen molar-refractivity contribution in [1.29, 1.82) is 0 Å². The average molecular weight is 507 g/mol. The Bertz CT molecular complexity index is 1470. The predicted molar refractivity (Wildman–Crippen MR) is 148 cm³/mol. The predicted octanol–water partition coefficient (Wildman–Crippen LogP) is 6.41. The van der Waals surface area contributed by atoms with Crippen LogP contribution in [-0.2, 0) is 12.2 Å². The van der Waals surface area contributed by atoms with Crippen molar-refractivity contribution in [2.24, 2.45) is 0 Å². The van der Waals surface area contributed by atoms with Gasteiger partial charge in [-0.15, -0.1) is 10.2 Å². The van der Waals surface area contributed by atoms with Crippen LogP contribution in [0.5, 0.6) is 5.75 Å². The lowest BCUT2D eigenvalue weighted by atomic mass is 10.1. The van der Waals surface area contributed by atoms with Gasteiger partial charge in [0.25, 0.3) is 5.91 Å². The zero-order valence-corrected chi connectivity index (χ0v) is 21.2. The first-order valence-corrected chi connectivity index (χ1v) is 12.9. The Morgan fingerprint density at radius 1 is 0.811 bits per heavy atom. The quantitative estimate of drug-likeness (QED) is 0.234. The second-order valence-electron chi connectivity index (χ2n) is 8.37. The van der Waals surface area contributed by atoms with Crippen LogP contribution in [0.2, 0.25) is 0 Å². The highest BCUT2D eigenvalue weighted by Crippen LogP contribution is 2.27. The Labute approximate surface area is 220 Å². The van der Waals surface area contributed by atoms with E-state index in [4.69, 9.17) is 4.74 Å². The molecule has 0 aliphatic rings. The van der Waals surface area contributed by atoms with Gasteiger partial charge in [0.1, 0.15) is 11.6 Å². The van der Waals surface area contributed by atoms with E-state index >= 15 is 0 Å². The van der Waals surface area contributed by atoms with Crippen molar-refractivity contribution >= 4 is 23.4 Å². The molecular formula is C30H26N4O2S. The fourth-order valence-electron chi connectivity index (χ4n) is 3.97. The molecule has 6 nitrogen and oxygen atoms in total. The van der Waals surface area contributed by atoms with Crippen LogP contribution in [0, 0.1) is 0 Å². The summed E-state index contributed by atoms with van der Waals surface area (Å²) in [6, 6.07) is 35.4. The smallest absolute Gasteiger partial charge is 0.255 e. The molecule has 5 aromatic rings. The van der Waals surface area contributed by atoms with Crippen molar-refractivity contribution in [2.75, 3.05) is 12.4 Å². The molecule has 0 spiro atoms. The molecule has 0 aliphatic carbocycles. The van der Waals surface area contributed by atoms with Crippen molar-refractivity contribution in [3.05, 3.63) is 132 Å². The number of carbonyl (C=O) groups excluding carboxylic acids is 1. The summed E-state index contributed by atoms with van der Waals surface area (Å²) in [6.07, 6.45) is 0.694. The van der Waals surface area contributed by atoms with Gasteiger partial charge in [-0.05, 0) is 47.5 Å². The van der Waals surface area contributed by atoms with Crippen LogP contribution < -0.4 is 10.1 Å². The van der Waals surface area contributed by atoms with Crippen LogP contribution in [0.3, 0.4) is 0 Å². The van der Waals surface area contributed by atoms with Gasteiger partial charge in [-0.1, -0.05) is 84.6 Å². The molecule has 0 radical (unpaired) electrons. The number of carbonyl (C=O) groups is 1. The van der Waals surface area contributed by atoms with E-state index in [1.807, 2.05) is 84.9 Å². The van der Waals surface area contributed by atoms with Crippen molar-refractivity contribution in [3.8, 4) is 11.4 Å². The fourth-order valence-corrected chi connectivity index (χ4v) is 4.89. The largest absolute Gasteiger partial charge is 0.495 e. The van der Waals surface area contributed by atoms with E-state index in [0.717, 1.165) is 22.2 Å². The van der Waals surface area contributed by atoms with E-state index in [0.29, 0.717) is 29.2 Å². The summed E-state index contributed by atoms with van der Waals surface area (Å²) in [5.74, 6) is 2.03. The van der Waals surface area contributed by atoms with Gasteiger partial charge < -0.3 is 10.1 Å². The molecule has 37 heavy (non-hydrogen) atoms. The maximum atomic E-state index is 12.7. The summed E-state index contributed by atoms with van der Waals surface area (Å²) < 4.78 is 7.44. The number of methoxy groups -OCH3 is 1. The number of hydrogen-bond acceptors (Lipinski definition) is 5. The van der Waals surface area contributed by atoms with Gasteiger partial charge in [0, 0.05) is 23.4 Å². The molecule has 0 saturated carbocycles. The number of anilines is 1. The van der Waals surface area contributed by atoms with Crippen LogP contribution in [0.15, 0.2) is 114 Å². The topological polar surface area (TPSA) is 69.0 Å². The minimum absolute atomic E-state index is 0.182. The molecule has 0 unspecified atom stereocenters. The monoisotopic (exact) mass is 506 g/mol. The van der Waals surface area contributed by atoms with Gasteiger partial charge in [0.2, 0.25) is 0 Å². The molecule has 4 aromatic carbocycles. The Kier molecular flexibility index (Phi) is 7.62. The SMILES string of the molecule is COc1ccccc1NC(=O)c1ccc(CSc2nnc(Cc3ccccc3)n2-c2ccccc2)cc1. The zero-order valence-electron chi connectivity index (χ0n) is 20.4. The Morgan fingerprint density at radius 2 is 1.49 bits per heavy atom. The molecule has 5 rings (SSSR count). The minimum Gasteiger partial charge on any atom is -0.495 e. The van der Waals surface area contributed by atoms with Gasteiger partial charge in [-0.2, -0.15) is 0 Å². The van der Waals surface area contributed by atoms with Gasteiger partial charge in [-0.25, -0.2) is 0 Å². The summed E-state index contributed by atoms with van der Waals surface area (Å²) in [5.41, 5.74) is 4.53. The number of nitrogens with zero attached hydrogens (tertiary/aromatic N) is 3. The van der Waals surface area contributed by atoms with Crippen LogP contribution in [0.4, 0.5) is 5.69 Å². The molecule has 0 fully saturated rings. The van der Waals surface area contributed by atoms with E-state index in [1.165, 1.54) is 5.56 Å². The molecule has 0 aliphatic heterocycles. The first-order chi connectivity index (χ1) is 18.2. The van der Waals surface area contributed by atoms with Crippen LogP contribution in [0.25, 0.3) is 5.69 Å². The molecule has 0 atom stereocenters. The number of nitrogens with one attached hydrogen (secondary N) is 1. The van der Waals surface area contributed by atoms with E-state index in [-0.39, 0.29) is 5.91 Å². The maximum Gasteiger partial charge on any atom is 0.255 e. The summed E-state index contributed by atoms with van der Waals surface area (Å²) in [5, 5.41) is 12.8. The van der Waals surface area contributed by atoms with Gasteiger partial charge in [0.15, 0.2) is 5.16 Å². The summed E-state index contributed by atoms with van der Waals surface area (Å²) >= 11 is 1.62. The maximum absolute atomic E-state index is 12.7. The van der Waals surface area contributed by atoms with Crippen molar-refractivity contribution in [3.63, 3.8) is 0 Å². The van der Waals surface area contributed by atoms with E-state index in [9.17, 15) is 4.79 Å². The molecule has 1 heterocycles. The Balaban J connectivity index is 1.30. The Hall–Kier alpha value is -4.36. The summed E-state index contributed by atoms with van der Waals surface area (Å²) in [4.78, 5) is 12.7. The van der Waals surface area contributed by atoms with Gasteiger partial charge >= 0.3 is 0 Å². The van der Waals surface area contributed by atoms with Crippen LogP contribution in [-0.4, -0.2) is 27.8 Å². The van der Waals surface area contributed by atoms with Gasteiger partial charge in [0.05, 0.1) is 12.8 Å². The van der Waals surface area contributed by atoms with E-state index in [1.54, 1.807) is 18.9 Å². The Morgan fingerprint density at radius 3 is 2.22 bits per heavy atom. The third-order valence-electron chi connectivity index (χ3n) is 5.86. The number of para-hydroxylation sites is 3. The molecule has 1 aromatic heterocycles. The van der Waals surface area contributed by atoms with Crippen LogP contribution >= 0.6 is 11.8 Å². The van der Waals surface area contributed by atoms with Crippen molar-refractivity contribution < 1.29 is 9.53 Å². The van der Waals surface area contributed by atoms with E-state index < -0.39 is 0 Å². The molecule has 184 valence electrons. The summed E-state index contributed by atoms with van der Waals surface area (Å²) in [7, 11) is 1.58. The molecule has 0 bridgehead atoms. The van der Waals surface area contributed by atoms with Crippen LogP contribution in [0.1, 0.15) is 27.3 Å².